The molecule has 1 unspecified atom stereocenters. The fourth-order valence-corrected chi connectivity index (χ4v) is 8.18. The van der Waals surface area contributed by atoms with E-state index in [-0.39, 0.29) is 49.1 Å². The summed E-state index contributed by atoms with van der Waals surface area (Å²) < 4.78 is 26.6. The van der Waals surface area contributed by atoms with E-state index in [0.29, 0.717) is 24.2 Å². The number of allylic oxidation sites excluding steroid dienone is 1. The number of hydrogen-bond acceptors (Lipinski definition) is 10. The summed E-state index contributed by atoms with van der Waals surface area (Å²) in [7, 11) is 0. The Morgan fingerprint density at radius 3 is 2.26 bits per heavy atom. The Kier molecular flexibility index (Phi) is 10.2. The predicted molar refractivity (Wildman–Crippen MR) is 149 cm³/mol. The number of ketones is 1. The maximum Gasteiger partial charge on any atom is 0.309 e. The molecule has 0 heterocycles. The van der Waals surface area contributed by atoms with Crippen molar-refractivity contribution < 1.29 is 47.7 Å². The van der Waals surface area contributed by atoms with E-state index in [9.17, 15) is 24.0 Å². The van der Waals surface area contributed by atoms with Crippen LogP contribution in [-0.4, -0.2) is 61.9 Å². The van der Waals surface area contributed by atoms with Crippen molar-refractivity contribution in [2.75, 3.05) is 20.0 Å². The highest BCUT2D eigenvalue weighted by atomic mass is 16.7. The minimum absolute atomic E-state index is 0.000345. The number of hydrogen-bond donors (Lipinski definition) is 0. The summed E-state index contributed by atoms with van der Waals surface area (Å²) in [6, 6.07) is 0. The number of ether oxygens (including phenoxy) is 5. The van der Waals surface area contributed by atoms with Crippen molar-refractivity contribution in [1.29, 1.82) is 0 Å². The minimum atomic E-state index is -0.979. The zero-order valence-electron chi connectivity index (χ0n) is 25.6. The lowest BCUT2D eigenvalue weighted by molar-refractivity contribution is -0.177. The van der Waals surface area contributed by atoms with Crippen LogP contribution in [0, 0.1) is 34.5 Å². The molecule has 10 nitrogen and oxygen atoms in total. The minimum Gasteiger partial charge on any atom is -0.462 e. The van der Waals surface area contributed by atoms with Crippen molar-refractivity contribution in [3.63, 3.8) is 0 Å². The lowest BCUT2D eigenvalue weighted by Crippen LogP contribution is -2.51. The van der Waals surface area contributed by atoms with Crippen LogP contribution in [0.1, 0.15) is 92.4 Å². The first-order valence-corrected chi connectivity index (χ1v) is 15.3. The van der Waals surface area contributed by atoms with Crippen molar-refractivity contribution in [3.05, 3.63) is 11.6 Å². The smallest absolute Gasteiger partial charge is 0.309 e. The Morgan fingerprint density at radius 1 is 0.905 bits per heavy atom. The highest BCUT2D eigenvalue weighted by Crippen LogP contribution is 2.65. The average molecular weight is 591 g/mol. The van der Waals surface area contributed by atoms with Gasteiger partial charge in [-0.1, -0.05) is 26.3 Å². The van der Waals surface area contributed by atoms with Gasteiger partial charge in [-0.25, -0.2) is 0 Å². The molecule has 4 rings (SSSR count). The second-order valence-corrected chi connectivity index (χ2v) is 13.1. The van der Waals surface area contributed by atoms with Crippen LogP contribution in [-0.2, 0) is 47.7 Å². The normalized spacial score (nSPS) is 32.5. The maximum absolute atomic E-state index is 12.5. The number of fused-ring (bicyclic) bond motifs is 5. The van der Waals surface area contributed by atoms with Gasteiger partial charge in [-0.05, 0) is 79.6 Å². The molecule has 7 atom stereocenters. The topological polar surface area (TPSA) is 132 Å². The van der Waals surface area contributed by atoms with E-state index >= 15 is 0 Å². The van der Waals surface area contributed by atoms with Gasteiger partial charge in [-0.15, -0.1) is 0 Å². The third-order valence-electron chi connectivity index (χ3n) is 10.5. The molecule has 4 aliphatic carbocycles. The SMILES string of the molecule is CC(=O)OCC(COC(C)=O)OC(=O)C(C)CC(=O)OCO[C@H]1CC[C@H]2[C@@H]3CCC4=CC(=O)CC[C@]4(C)[C@H]3CC[C@]12C. The molecule has 0 bridgehead atoms. The first-order chi connectivity index (χ1) is 19.8. The molecule has 0 amide bonds. The lowest BCUT2D eigenvalue weighted by atomic mass is 9.47. The van der Waals surface area contributed by atoms with Gasteiger partial charge >= 0.3 is 23.9 Å². The lowest BCUT2D eigenvalue weighted by Gasteiger charge is -2.57. The van der Waals surface area contributed by atoms with Gasteiger partial charge in [0.15, 0.2) is 18.7 Å². The third-order valence-corrected chi connectivity index (χ3v) is 10.5. The summed E-state index contributed by atoms with van der Waals surface area (Å²) in [5.41, 5.74) is 1.51. The second kappa shape index (κ2) is 13.3. The highest BCUT2D eigenvalue weighted by molar-refractivity contribution is 5.91. The Balaban J connectivity index is 1.24. The number of rotatable bonds is 11. The number of carbonyl (C=O) groups excluding carboxylic acids is 5. The molecule has 0 aromatic heterocycles. The Labute approximate surface area is 248 Å². The van der Waals surface area contributed by atoms with E-state index in [4.69, 9.17) is 23.7 Å². The van der Waals surface area contributed by atoms with Crippen LogP contribution in [0.15, 0.2) is 11.6 Å². The first-order valence-electron chi connectivity index (χ1n) is 15.3. The van der Waals surface area contributed by atoms with Crippen LogP contribution in [0.5, 0.6) is 0 Å². The molecule has 0 aromatic carbocycles. The van der Waals surface area contributed by atoms with Crippen molar-refractivity contribution >= 4 is 29.7 Å². The molecule has 0 aliphatic heterocycles. The molecule has 0 N–H and O–H groups in total. The summed E-state index contributed by atoms with van der Waals surface area (Å²) in [6.07, 6.45) is 8.69. The van der Waals surface area contributed by atoms with Crippen LogP contribution in [0.2, 0.25) is 0 Å². The van der Waals surface area contributed by atoms with Gasteiger partial charge in [0.05, 0.1) is 18.4 Å². The van der Waals surface area contributed by atoms with Crippen molar-refractivity contribution in [2.45, 2.75) is 105 Å². The van der Waals surface area contributed by atoms with E-state index < -0.39 is 35.9 Å². The second-order valence-electron chi connectivity index (χ2n) is 13.1. The van der Waals surface area contributed by atoms with Gasteiger partial charge in [-0.3, -0.25) is 24.0 Å². The van der Waals surface area contributed by atoms with Crippen LogP contribution in [0.4, 0.5) is 0 Å². The fraction of sp³-hybridized carbons (Fsp3) is 0.781. The molecule has 4 aliphatic rings. The van der Waals surface area contributed by atoms with Crippen LogP contribution >= 0.6 is 0 Å². The zero-order chi connectivity index (χ0) is 30.7. The predicted octanol–water partition coefficient (Wildman–Crippen LogP) is 4.47. The van der Waals surface area contributed by atoms with Gasteiger partial charge < -0.3 is 23.7 Å². The monoisotopic (exact) mass is 590 g/mol. The molecule has 3 fully saturated rings. The van der Waals surface area contributed by atoms with E-state index in [1.807, 2.05) is 6.08 Å². The van der Waals surface area contributed by atoms with Crippen molar-refractivity contribution in [3.8, 4) is 0 Å². The maximum atomic E-state index is 12.5. The zero-order valence-corrected chi connectivity index (χ0v) is 25.6. The van der Waals surface area contributed by atoms with Gasteiger partial charge in [0, 0.05) is 20.3 Å². The van der Waals surface area contributed by atoms with Crippen molar-refractivity contribution in [2.24, 2.45) is 34.5 Å². The van der Waals surface area contributed by atoms with Crippen LogP contribution < -0.4 is 0 Å². The van der Waals surface area contributed by atoms with Gasteiger partial charge in [0.1, 0.15) is 13.2 Å². The largest absolute Gasteiger partial charge is 0.462 e. The summed E-state index contributed by atoms with van der Waals surface area (Å²) >= 11 is 0. The van der Waals surface area contributed by atoms with Gasteiger partial charge in [0.25, 0.3) is 0 Å². The summed E-state index contributed by atoms with van der Waals surface area (Å²) in [6.45, 7) is 7.97. The molecule has 0 saturated heterocycles. The first kappa shape index (κ1) is 32.2. The molecule has 42 heavy (non-hydrogen) atoms. The molecule has 234 valence electrons. The van der Waals surface area contributed by atoms with E-state index in [1.54, 1.807) is 0 Å². The standard InChI is InChI=1S/C32H46O10/c1-19(30(37)42-24(16-38-20(2)33)17-39-21(3)34)14-29(36)41-18-40-28-9-8-26-25-7-6-22-15-23(35)10-12-31(22,4)27(25)11-13-32(26,28)5/h15,19,24-28H,6-14,16-18H2,1-5H3/t19?,25-,26-,27-,28-,31-,32-/m0/s1. The Hall–Kier alpha value is -2.75. The Bertz CT molecular complexity index is 1080. The molecule has 0 radical (unpaired) electrons. The summed E-state index contributed by atoms with van der Waals surface area (Å²) in [5, 5.41) is 0. The van der Waals surface area contributed by atoms with E-state index in [1.165, 1.54) is 26.3 Å². The molecule has 3 saturated carbocycles. The fourth-order valence-electron chi connectivity index (χ4n) is 8.18. The van der Waals surface area contributed by atoms with E-state index in [0.717, 1.165) is 44.9 Å². The number of esters is 4. The summed E-state index contributed by atoms with van der Waals surface area (Å²) in [4.78, 5) is 59.4. The third kappa shape index (κ3) is 7.06. The van der Waals surface area contributed by atoms with Crippen LogP contribution in [0.3, 0.4) is 0 Å². The molecular weight excluding hydrogens is 544 g/mol. The van der Waals surface area contributed by atoms with Crippen molar-refractivity contribution in [1.82, 2.24) is 0 Å². The molecule has 0 aromatic rings. The molecule has 10 heteroatoms. The molecule has 0 spiro atoms. The number of carbonyl (C=O) groups is 5. The van der Waals surface area contributed by atoms with Gasteiger partial charge in [0.2, 0.25) is 0 Å². The van der Waals surface area contributed by atoms with Crippen LogP contribution in [0.25, 0.3) is 0 Å². The van der Waals surface area contributed by atoms with E-state index in [2.05, 4.69) is 13.8 Å². The quantitative estimate of drug-likeness (QED) is 0.193. The Morgan fingerprint density at radius 2 is 1.60 bits per heavy atom. The van der Waals surface area contributed by atoms with Gasteiger partial charge in [-0.2, -0.15) is 0 Å². The highest BCUT2D eigenvalue weighted by Gasteiger charge is 2.59. The summed E-state index contributed by atoms with van der Waals surface area (Å²) in [5.74, 6) is -1.17. The average Bonchev–Trinajstić information content (AvgIpc) is 3.26. The molecular formula is C32H46O10.